The van der Waals surface area contributed by atoms with Gasteiger partial charge in [-0.1, -0.05) is 13.8 Å². The van der Waals surface area contributed by atoms with Crippen LogP contribution in [0.3, 0.4) is 0 Å². The van der Waals surface area contributed by atoms with Gasteiger partial charge < -0.3 is 9.64 Å². The minimum atomic E-state index is 0.768. The topological polar surface area (TPSA) is 55.5 Å². The van der Waals surface area contributed by atoms with Crippen LogP contribution in [0.25, 0.3) is 5.65 Å². The molecule has 0 amide bonds. The molecular formula is C15H23N5O. The maximum atomic E-state index is 5.42. The number of hydrogen-bond donors (Lipinski definition) is 0. The minimum Gasteiger partial charge on any atom is -0.378 e. The number of anilines is 1. The number of nitrogens with zero attached hydrogens (tertiary/aromatic N) is 5. The first kappa shape index (κ1) is 14.3. The van der Waals surface area contributed by atoms with E-state index in [9.17, 15) is 0 Å². The Balaban J connectivity index is 2.03. The van der Waals surface area contributed by atoms with E-state index in [2.05, 4.69) is 39.4 Å². The van der Waals surface area contributed by atoms with Crippen LogP contribution in [0.15, 0.2) is 6.07 Å². The van der Waals surface area contributed by atoms with Crippen LogP contribution < -0.4 is 4.90 Å². The van der Waals surface area contributed by atoms with Crippen LogP contribution in [0, 0.1) is 0 Å². The van der Waals surface area contributed by atoms with E-state index in [0.29, 0.717) is 0 Å². The van der Waals surface area contributed by atoms with Gasteiger partial charge in [0.15, 0.2) is 5.65 Å². The molecule has 0 radical (unpaired) electrons. The first-order chi connectivity index (χ1) is 10.3. The molecule has 3 heterocycles. The maximum Gasteiger partial charge on any atom is 0.165 e. The van der Waals surface area contributed by atoms with E-state index in [-0.39, 0.29) is 0 Å². The highest BCUT2D eigenvalue weighted by Gasteiger charge is 2.17. The fraction of sp³-hybridized carbons (Fsp3) is 0.667. The number of morpholine rings is 1. The highest BCUT2D eigenvalue weighted by atomic mass is 16.5. The van der Waals surface area contributed by atoms with Crippen LogP contribution in [0.2, 0.25) is 0 Å². The van der Waals surface area contributed by atoms with Crippen molar-refractivity contribution in [2.45, 2.75) is 39.5 Å². The Hall–Kier alpha value is -1.69. The summed E-state index contributed by atoms with van der Waals surface area (Å²) in [5.74, 6) is 3.10. The molecule has 21 heavy (non-hydrogen) atoms. The average Bonchev–Trinajstić information content (AvgIpc) is 2.92. The molecule has 6 heteroatoms. The Morgan fingerprint density at radius 3 is 2.48 bits per heavy atom. The van der Waals surface area contributed by atoms with Gasteiger partial charge in [-0.3, -0.25) is 4.40 Å². The van der Waals surface area contributed by atoms with Crippen LogP contribution >= 0.6 is 0 Å². The summed E-state index contributed by atoms with van der Waals surface area (Å²) in [6, 6.07) is 2.05. The van der Waals surface area contributed by atoms with Gasteiger partial charge in [-0.2, -0.15) is 0 Å². The molecule has 0 bridgehead atoms. The lowest BCUT2D eigenvalue weighted by molar-refractivity contribution is 0.122. The Morgan fingerprint density at radius 2 is 1.76 bits per heavy atom. The highest BCUT2D eigenvalue weighted by Crippen LogP contribution is 2.19. The van der Waals surface area contributed by atoms with Gasteiger partial charge in [-0.15, -0.1) is 10.2 Å². The number of aromatic nitrogens is 4. The molecule has 1 fully saturated rings. The van der Waals surface area contributed by atoms with E-state index in [1.54, 1.807) is 0 Å². The summed E-state index contributed by atoms with van der Waals surface area (Å²) in [6.07, 6.45) is 4.02. The second-order valence-corrected chi connectivity index (χ2v) is 5.44. The number of hydrogen-bond acceptors (Lipinski definition) is 5. The molecule has 0 spiro atoms. The standard InChI is InChI=1S/C15H23N5O/c1-3-5-12-16-14(19-7-9-21-10-8-19)11-15-18-17-13(6-4-2)20(12)15/h11H,3-10H2,1-2H3. The van der Waals surface area contributed by atoms with Crippen molar-refractivity contribution in [3.8, 4) is 0 Å². The summed E-state index contributed by atoms with van der Waals surface area (Å²) in [5, 5.41) is 8.69. The molecule has 0 atom stereocenters. The molecule has 2 aromatic heterocycles. The SMILES string of the molecule is CCCc1nnc2cc(N3CCOCC3)nc(CCC)n12. The van der Waals surface area contributed by atoms with Gasteiger partial charge in [-0.05, 0) is 12.8 Å². The van der Waals surface area contributed by atoms with Crippen LogP contribution in [0.1, 0.15) is 38.3 Å². The van der Waals surface area contributed by atoms with E-state index < -0.39 is 0 Å². The molecule has 0 aliphatic carbocycles. The smallest absolute Gasteiger partial charge is 0.165 e. The number of ether oxygens (including phenoxy) is 1. The normalized spacial score (nSPS) is 15.8. The zero-order chi connectivity index (χ0) is 14.7. The number of fused-ring (bicyclic) bond motifs is 1. The van der Waals surface area contributed by atoms with Gasteiger partial charge in [0.2, 0.25) is 0 Å². The molecule has 3 rings (SSSR count). The van der Waals surface area contributed by atoms with Gasteiger partial charge in [0, 0.05) is 32.0 Å². The average molecular weight is 289 g/mol. The van der Waals surface area contributed by atoms with Crippen molar-refractivity contribution in [1.82, 2.24) is 19.6 Å². The lowest BCUT2D eigenvalue weighted by Gasteiger charge is -2.28. The molecule has 0 N–H and O–H groups in total. The third kappa shape index (κ3) is 2.85. The predicted octanol–water partition coefficient (Wildman–Crippen LogP) is 1.87. The predicted molar refractivity (Wildman–Crippen MR) is 81.8 cm³/mol. The zero-order valence-corrected chi connectivity index (χ0v) is 12.9. The molecule has 1 saturated heterocycles. The van der Waals surface area contributed by atoms with Gasteiger partial charge in [0.05, 0.1) is 13.2 Å². The van der Waals surface area contributed by atoms with Crippen molar-refractivity contribution in [3.63, 3.8) is 0 Å². The number of aryl methyl sites for hydroxylation is 2. The van der Waals surface area contributed by atoms with E-state index in [1.165, 1.54) is 0 Å². The lowest BCUT2D eigenvalue weighted by Crippen LogP contribution is -2.37. The summed E-state index contributed by atoms with van der Waals surface area (Å²) < 4.78 is 7.56. The summed E-state index contributed by atoms with van der Waals surface area (Å²) in [5.41, 5.74) is 0.915. The fourth-order valence-corrected chi connectivity index (χ4v) is 2.77. The van der Waals surface area contributed by atoms with Gasteiger partial charge >= 0.3 is 0 Å². The van der Waals surface area contributed by atoms with Gasteiger partial charge in [0.1, 0.15) is 17.5 Å². The Kier molecular flexibility index (Phi) is 4.34. The van der Waals surface area contributed by atoms with Crippen molar-refractivity contribution in [1.29, 1.82) is 0 Å². The molecule has 114 valence electrons. The van der Waals surface area contributed by atoms with Crippen LogP contribution in [0.5, 0.6) is 0 Å². The first-order valence-electron chi connectivity index (χ1n) is 7.90. The van der Waals surface area contributed by atoms with Crippen molar-refractivity contribution in [2.75, 3.05) is 31.2 Å². The van der Waals surface area contributed by atoms with Gasteiger partial charge in [0.25, 0.3) is 0 Å². The summed E-state index contributed by atoms with van der Waals surface area (Å²) in [6.45, 7) is 7.66. The Bertz CT molecular complexity index is 603. The van der Waals surface area contributed by atoms with E-state index in [0.717, 1.165) is 75.1 Å². The monoisotopic (exact) mass is 289 g/mol. The van der Waals surface area contributed by atoms with Gasteiger partial charge in [-0.25, -0.2) is 4.98 Å². The van der Waals surface area contributed by atoms with E-state index >= 15 is 0 Å². The maximum absolute atomic E-state index is 5.42. The molecular weight excluding hydrogens is 266 g/mol. The Labute approximate surface area is 125 Å². The van der Waals surface area contributed by atoms with Crippen LogP contribution in [-0.2, 0) is 17.6 Å². The van der Waals surface area contributed by atoms with Crippen LogP contribution in [-0.4, -0.2) is 45.9 Å². The summed E-state index contributed by atoms with van der Waals surface area (Å²) >= 11 is 0. The highest BCUT2D eigenvalue weighted by molar-refractivity contribution is 5.52. The largest absolute Gasteiger partial charge is 0.378 e. The third-order valence-electron chi connectivity index (χ3n) is 3.80. The second-order valence-electron chi connectivity index (χ2n) is 5.44. The molecule has 1 aliphatic rings. The van der Waals surface area contributed by atoms with Crippen molar-refractivity contribution < 1.29 is 4.74 Å². The molecule has 2 aromatic rings. The second kappa shape index (κ2) is 6.39. The molecule has 0 aromatic carbocycles. The molecule has 6 nitrogen and oxygen atoms in total. The van der Waals surface area contributed by atoms with Crippen molar-refractivity contribution in [3.05, 3.63) is 17.7 Å². The quantitative estimate of drug-likeness (QED) is 0.841. The molecule has 0 saturated carbocycles. The Morgan fingerprint density at radius 1 is 1.05 bits per heavy atom. The minimum absolute atomic E-state index is 0.768. The zero-order valence-electron chi connectivity index (χ0n) is 12.9. The van der Waals surface area contributed by atoms with E-state index in [4.69, 9.17) is 9.72 Å². The first-order valence-corrected chi connectivity index (χ1v) is 7.90. The third-order valence-corrected chi connectivity index (χ3v) is 3.80. The molecule has 1 aliphatic heterocycles. The van der Waals surface area contributed by atoms with Crippen LogP contribution in [0.4, 0.5) is 5.82 Å². The summed E-state index contributed by atoms with van der Waals surface area (Å²) in [7, 11) is 0. The van der Waals surface area contributed by atoms with Crippen molar-refractivity contribution >= 4 is 11.5 Å². The van der Waals surface area contributed by atoms with Crippen molar-refractivity contribution in [2.24, 2.45) is 0 Å². The number of rotatable bonds is 5. The van der Waals surface area contributed by atoms with E-state index in [1.807, 2.05) is 0 Å². The fourth-order valence-electron chi connectivity index (χ4n) is 2.77. The molecule has 0 unspecified atom stereocenters. The lowest BCUT2D eigenvalue weighted by atomic mass is 10.3. The summed E-state index contributed by atoms with van der Waals surface area (Å²) in [4.78, 5) is 7.16.